The molecule has 2 aromatic carbocycles. The van der Waals surface area contributed by atoms with Gasteiger partial charge in [0.2, 0.25) is 15.9 Å². The van der Waals surface area contributed by atoms with Crippen LogP contribution in [0, 0.1) is 0 Å². The maximum atomic E-state index is 12.4. The molecule has 8 heteroatoms. The number of unbranched alkanes of at least 4 members (excludes halogenated alkanes) is 2. The molecule has 0 radical (unpaired) electrons. The normalized spacial score (nSPS) is 11.7. The van der Waals surface area contributed by atoms with Crippen LogP contribution in [-0.2, 0) is 21.2 Å². The molecule has 34 heavy (non-hydrogen) atoms. The van der Waals surface area contributed by atoms with E-state index in [2.05, 4.69) is 21.0 Å². The lowest BCUT2D eigenvalue weighted by Crippen LogP contribution is -2.25. The fourth-order valence-corrected chi connectivity index (χ4v) is 4.57. The molecule has 2 N–H and O–H groups in total. The van der Waals surface area contributed by atoms with Gasteiger partial charge in [0.1, 0.15) is 0 Å². The van der Waals surface area contributed by atoms with Crippen molar-refractivity contribution in [2.45, 2.75) is 37.5 Å². The van der Waals surface area contributed by atoms with Gasteiger partial charge in [-0.2, -0.15) is 5.10 Å². The molecule has 0 aliphatic carbocycles. The zero-order chi connectivity index (χ0) is 24.4. The van der Waals surface area contributed by atoms with Crippen molar-refractivity contribution >= 4 is 22.0 Å². The van der Waals surface area contributed by atoms with E-state index in [1.807, 2.05) is 30.3 Å². The predicted octanol–water partition coefficient (Wildman–Crippen LogP) is 4.26. The number of H-pyrrole nitrogens is 1. The summed E-state index contributed by atoms with van der Waals surface area (Å²) in [5.41, 5.74) is 3.96. The Labute approximate surface area is 201 Å². The summed E-state index contributed by atoms with van der Waals surface area (Å²) in [6.07, 6.45) is 7.11. The van der Waals surface area contributed by atoms with Crippen molar-refractivity contribution in [2.24, 2.45) is 0 Å². The van der Waals surface area contributed by atoms with Gasteiger partial charge in [0.15, 0.2) is 0 Å². The van der Waals surface area contributed by atoms with Gasteiger partial charge in [-0.1, -0.05) is 55.8 Å². The Morgan fingerprint density at radius 1 is 1.06 bits per heavy atom. The zero-order valence-corrected chi connectivity index (χ0v) is 20.5. The van der Waals surface area contributed by atoms with Crippen LogP contribution >= 0.6 is 0 Å². The number of aromatic nitrogens is 2. The molecule has 3 rings (SSSR count). The molecule has 1 amide bonds. The summed E-state index contributed by atoms with van der Waals surface area (Å²) < 4.78 is 26.4. The molecule has 0 saturated heterocycles. The fourth-order valence-electron chi connectivity index (χ4n) is 3.52. The SMILES string of the molecule is CCNS(=O)(=O)c1ccc(/C=C/C(=O)N(C)CCCCCc2cc(-c3ccccc3)n[nH]2)cc1. The highest BCUT2D eigenvalue weighted by molar-refractivity contribution is 7.89. The third kappa shape index (κ3) is 7.40. The van der Waals surface area contributed by atoms with Crippen LogP contribution in [0.25, 0.3) is 17.3 Å². The van der Waals surface area contributed by atoms with Crippen LogP contribution in [0.2, 0.25) is 0 Å². The van der Waals surface area contributed by atoms with E-state index in [9.17, 15) is 13.2 Å². The Bertz CT molecular complexity index is 1190. The first-order valence-electron chi connectivity index (χ1n) is 11.5. The summed E-state index contributed by atoms with van der Waals surface area (Å²) in [5.74, 6) is -0.0783. The number of aromatic amines is 1. The Morgan fingerprint density at radius 3 is 2.50 bits per heavy atom. The van der Waals surface area contributed by atoms with Crippen molar-refractivity contribution in [3.05, 3.63) is 78.0 Å². The molecule has 0 fully saturated rings. The molecule has 0 unspecified atom stereocenters. The number of aryl methyl sites for hydroxylation is 1. The van der Waals surface area contributed by atoms with Gasteiger partial charge >= 0.3 is 0 Å². The molecule has 0 atom stereocenters. The predicted molar refractivity (Wildman–Crippen MR) is 136 cm³/mol. The lowest BCUT2D eigenvalue weighted by atomic mass is 10.1. The number of carbonyl (C=O) groups excluding carboxylic acids is 1. The van der Waals surface area contributed by atoms with Crippen LogP contribution in [0.15, 0.2) is 71.6 Å². The van der Waals surface area contributed by atoms with Gasteiger partial charge in [0, 0.05) is 37.5 Å². The Morgan fingerprint density at radius 2 is 1.79 bits per heavy atom. The Balaban J connectivity index is 1.38. The van der Waals surface area contributed by atoms with E-state index in [1.54, 1.807) is 37.1 Å². The first-order valence-corrected chi connectivity index (χ1v) is 13.0. The van der Waals surface area contributed by atoms with Crippen molar-refractivity contribution in [3.63, 3.8) is 0 Å². The van der Waals surface area contributed by atoms with E-state index in [0.717, 1.165) is 48.2 Å². The van der Waals surface area contributed by atoms with E-state index in [4.69, 9.17) is 0 Å². The number of hydrogen-bond donors (Lipinski definition) is 2. The maximum absolute atomic E-state index is 12.4. The highest BCUT2D eigenvalue weighted by atomic mass is 32.2. The van der Waals surface area contributed by atoms with Crippen molar-refractivity contribution < 1.29 is 13.2 Å². The van der Waals surface area contributed by atoms with Gasteiger partial charge in [-0.05, 0) is 49.1 Å². The molecule has 0 aliphatic rings. The lowest BCUT2D eigenvalue weighted by Gasteiger charge is -2.14. The molecule has 1 heterocycles. The number of likely N-dealkylation sites (N-methyl/N-ethyl adjacent to an activating group) is 1. The van der Waals surface area contributed by atoms with Crippen LogP contribution in [0.5, 0.6) is 0 Å². The maximum Gasteiger partial charge on any atom is 0.246 e. The van der Waals surface area contributed by atoms with E-state index < -0.39 is 10.0 Å². The number of nitrogens with one attached hydrogen (secondary N) is 2. The molecule has 0 saturated carbocycles. The average molecular weight is 481 g/mol. The van der Waals surface area contributed by atoms with Gasteiger partial charge in [0.25, 0.3) is 0 Å². The topological polar surface area (TPSA) is 95.2 Å². The third-order valence-corrected chi connectivity index (χ3v) is 7.02. The minimum absolute atomic E-state index is 0.0783. The number of hydrogen-bond acceptors (Lipinski definition) is 4. The monoisotopic (exact) mass is 480 g/mol. The van der Waals surface area contributed by atoms with Crippen molar-refractivity contribution in [2.75, 3.05) is 20.1 Å². The van der Waals surface area contributed by atoms with Gasteiger partial charge in [-0.15, -0.1) is 0 Å². The van der Waals surface area contributed by atoms with Gasteiger partial charge < -0.3 is 4.90 Å². The summed E-state index contributed by atoms with van der Waals surface area (Å²) in [4.78, 5) is 14.3. The molecule has 0 spiro atoms. The van der Waals surface area contributed by atoms with Crippen LogP contribution in [-0.4, -0.2) is 49.6 Å². The second-order valence-electron chi connectivity index (χ2n) is 8.12. The number of benzene rings is 2. The highest BCUT2D eigenvalue weighted by Gasteiger charge is 2.11. The standard InChI is InChI=1S/C26H32N4O3S/c1-3-27-34(32,33)24-16-13-21(14-17-24)15-18-26(31)30(2)19-9-5-8-12-23-20-25(29-28-23)22-10-6-4-7-11-22/h4,6-7,10-11,13-18,20,27H,3,5,8-9,12,19H2,1-2H3,(H,28,29)/b18-15+. The first-order chi connectivity index (χ1) is 16.4. The Hall–Kier alpha value is -3.23. The van der Waals surface area contributed by atoms with Crippen molar-refractivity contribution in [1.29, 1.82) is 0 Å². The van der Waals surface area contributed by atoms with Gasteiger partial charge in [-0.25, -0.2) is 13.1 Å². The molecule has 180 valence electrons. The largest absolute Gasteiger partial charge is 0.342 e. The molecular weight excluding hydrogens is 448 g/mol. The number of carbonyl (C=O) groups is 1. The molecular formula is C26H32N4O3S. The number of amides is 1. The van der Waals surface area contributed by atoms with Crippen LogP contribution in [0.3, 0.4) is 0 Å². The average Bonchev–Trinajstić information content (AvgIpc) is 3.32. The summed E-state index contributed by atoms with van der Waals surface area (Å²) in [6.45, 7) is 2.75. The van der Waals surface area contributed by atoms with Crippen LogP contribution in [0.1, 0.15) is 37.4 Å². The summed E-state index contributed by atoms with van der Waals surface area (Å²) >= 11 is 0. The number of sulfonamides is 1. The molecule has 1 aromatic heterocycles. The van der Waals surface area contributed by atoms with E-state index >= 15 is 0 Å². The van der Waals surface area contributed by atoms with Crippen LogP contribution in [0.4, 0.5) is 0 Å². The second-order valence-corrected chi connectivity index (χ2v) is 9.89. The smallest absolute Gasteiger partial charge is 0.246 e. The summed E-state index contributed by atoms with van der Waals surface area (Å²) in [5, 5.41) is 7.50. The zero-order valence-electron chi connectivity index (χ0n) is 19.7. The molecule has 3 aromatic rings. The quantitative estimate of drug-likeness (QED) is 0.299. The van der Waals surface area contributed by atoms with Crippen molar-refractivity contribution in [1.82, 2.24) is 19.8 Å². The van der Waals surface area contributed by atoms with Gasteiger partial charge in [0.05, 0.1) is 10.6 Å². The third-order valence-electron chi connectivity index (χ3n) is 5.46. The minimum atomic E-state index is -3.47. The highest BCUT2D eigenvalue weighted by Crippen LogP contribution is 2.18. The lowest BCUT2D eigenvalue weighted by molar-refractivity contribution is -0.124. The fraction of sp³-hybridized carbons (Fsp3) is 0.308. The first kappa shape index (κ1) is 25.4. The molecule has 0 bridgehead atoms. The summed E-state index contributed by atoms with van der Waals surface area (Å²) in [7, 11) is -1.68. The van der Waals surface area contributed by atoms with Crippen LogP contribution < -0.4 is 4.72 Å². The van der Waals surface area contributed by atoms with E-state index in [1.165, 1.54) is 18.2 Å². The molecule has 0 aliphatic heterocycles. The summed E-state index contributed by atoms with van der Waals surface area (Å²) in [6, 6.07) is 18.6. The van der Waals surface area contributed by atoms with E-state index in [0.29, 0.717) is 13.1 Å². The molecule has 7 nitrogen and oxygen atoms in total. The minimum Gasteiger partial charge on any atom is -0.342 e. The Kier molecular flexibility index (Phi) is 9.18. The van der Waals surface area contributed by atoms with Crippen molar-refractivity contribution in [3.8, 4) is 11.3 Å². The van der Waals surface area contributed by atoms with Gasteiger partial charge in [-0.3, -0.25) is 9.89 Å². The number of nitrogens with zero attached hydrogens (tertiary/aromatic N) is 2. The number of rotatable bonds is 12. The second kappa shape index (κ2) is 12.3. The van der Waals surface area contributed by atoms with E-state index in [-0.39, 0.29) is 10.8 Å².